The average Bonchev–Trinajstić information content (AvgIpc) is 2.48. The molecule has 23 heavy (non-hydrogen) atoms. The molecule has 130 valence electrons. The molecule has 4 heteroatoms. The Kier molecular flexibility index (Phi) is 4.98. The summed E-state index contributed by atoms with van der Waals surface area (Å²) in [6.07, 6.45) is 10.4. The predicted octanol–water partition coefficient (Wildman–Crippen LogP) is 3.01. The van der Waals surface area contributed by atoms with E-state index in [0.717, 1.165) is 30.6 Å². The fraction of sp³-hybridized carbons (Fsp3) is 0.895. The van der Waals surface area contributed by atoms with Gasteiger partial charge < -0.3 is 10.6 Å². The van der Waals surface area contributed by atoms with Crippen LogP contribution in [-0.4, -0.2) is 24.4 Å². The minimum absolute atomic E-state index is 0.0578. The molecular formula is C19H32N2O2. The Bertz CT molecular complexity index is 421. The molecule has 4 bridgehead atoms. The zero-order chi connectivity index (χ0) is 16.4. The first kappa shape index (κ1) is 16.8. The van der Waals surface area contributed by atoms with Gasteiger partial charge in [-0.3, -0.25) is 9.59 Å². The second-order valence-corrected chi connectivity index (χ2v) is 8.45. The van der Waals surface area contributed by atoms with Crippen LogP contribution in [0, 0.1) is 23.2 Å². The Labute approximate surface area is 140 Å². The second kappa shape index (κ2) is 6.82. The summed E-state index contributed by atoms with van der Waals surface area (Å²) in [5.74, 6) is 2.62. The van der Waals surface area contributed by atoms with Crippen LogP contribution in [0.2, 0.25) is 0 Å². The smallest absolute Gasteiger partial charge is 0.239 e. The van der Waals surface area contributed by atoms with Crippen molar-refractivity contribution in [2.45, 2.75) is 77.7 Å². The predicted molar refractivity (Wildman–Crippen MR) is 90.7 cm³/mol. The molecule has 4 fully saturated rings. The van der Waals surface area contributed by atoms with Crippen molar-refractivity contribution in [2.75, 3.05) is 6.54 Å². The van der Waals surface area contributed by atoms with Crippen molar-refractivity contribution in [3.8, 4) is 0 Å². The molecule has 2 amide bonds. The number of carbonyl (C=O) groups is 2. The molecular weight excluding hydrogens is 288 g/mol. The zero-order valence-corrected chi connectivity index (χ0v) is 14.7. The quantitative estimate of drug-likeness (QED) is 0.757. The molecule has 0 aromatic carbocycles. The summed E-state index contributed by atoms with van der Waals surface area (Å²) in [5.41, 5.74) is 0.255. The van der Waals surface area contributed by atoms with Gasteiger partial charge >= 0.3 is 0 Å². The number of nitrogens with one attached hydrogen (secondary N) is 2. The van der Waals surface area contributed by atoms with Crippen LogP contribution in [0.1, 0.15) is 71.6 Å². The second-order valence-electron chi connectivity index (χ2n) is 8.45. The standard InChI is InChI=1S/C19H32N2O2/c1-3-16(4-2)21-18(23)12-20-17(22)11-19-8-13-5-14(9-19)7-15(6-13)10-19/h13-16H,3-12H2,1-2H3,(H,20,22)(H,21,23). The molecule has 4 saturated carbocycles. The Morgan fingerprint density at radius 2 is 1.48 bits per heavy atom. The van der Waals surface area contributed by atoms with Gasteiger partial charge in [-0.2, -0.15) is 0 Å². The SMILES string of the molecule is CCC(CC)NC(=O)CNC(=O)CC12CC3CC(CC(C3)C1)C2. The summed E-state index contributed by atoms with van der Waals surface area (Å²) >= 11 is 0. The van der Waals surface area contributed by atoms with Crippen molar-refractivity contribution in [3.63, 3.8) is 0 Å². The Morgan fingerprint density at radius 1 is 0.957 bits per heavy atom. The summed E-state index contributed by atoms with van der Waals surface area (Å²) < 4.78 is 0. The number of carbonyl (C=O) groups excluding carboxylic acids is 2. The fourth-order valence-electron chi connectivity index (χ4n) is 5.86. The van der Waals surface area contributed by atoms with E-state index in [1.54, 1.807) is 0 Å². The molecule has 0 radical (unpaired) electrons. The van der Waals surface area contributed by atoms with E-state index in [9.17, 15) is 9.59 Å². The van der Waals surface area contributed by atoms with E-state index in [1.165, 1.54) is 38.5 Å². The topological polar surface area (TPSA) is 58.2 Å². The molecule has 4 rings (SSSR count). The van der Waals surface area contributed by atoms with E-state index in [0.29, 0.717) is 6.42 Å². The third-order valence-corrected chi connectivity index (χ3v) is 6.50. The van der Waals surface area contributed by atoms with Crippen molar-refractivity contribution in [1.82, 2.24) is 10.6 Å². The fourth-order valence-corrected chi connectivity index (χ4v) is 5.86. The van der Waals surface area contributed by atoms with Crippen LogP contribution in [-0.2, 0) is 9.59 Å². The van der Waals surface area contributed by atoms with Crippen molar-refractivity contribution in [1.29, 1.82) is 0 Å². The van der Waals surface area contributed by atoms with Gasteiger partial charge in [0, 0.05) is 12.5 Å². The summed E-state index contributed by atoms with van der Waals surface area (Å²) in [5, 5.41) is 5.84. The largest absolute Gasteiger partial charge is 0.352 e. The van der Waals surface area contributed by atoms with Crippen molar-refractivity contribution >= 4 is 11.8 Å². The maximum Gasteiger partial charge on any atom is 0.239 e. The van der Waals surface area contributed by atoms with E-state index in [1.807, 2.05) is 0 Å². The summed E-state index contributed by atoms with van der Waals surface area (Å²) in [6, 6.07) is 0.225. The molecule has 0 spiro atoms. The van der Waals surface area contributed by atoms with Gasteiger partial charge in [-0.05, 0) is 74.5 Å². The van der Waals surface area contributed by atoms with Crippen LogP contribution in [0.3, 0.4) is 0 Å². The first-order valence-corrected chi connectivity index (χ1v) is 9.58. The van der Waals surface area contributed by atoms with Gasteiger partial charge in [-0.25, -0.2) is 0 Å². The Hall–Kier alpha value is -1.06. The highest BCUT2D eigenvalue weighted by atomic mass is 16.2. The van der Waals surface area contributed by atoms with Gasteiger partial charge in [0.2, 0.25) is 11.8 Å². The molecule has 0 heterocycles. The third kappa shape index (κ3) is 3.89. The van der Waals surface area contributed by atoms with Crippen LogP contribution in [0.15, 0.2) is 0 Å². The number of amides is 2. The van der Waals surface area contributed by atoms with Crippen LogP contribution < -0.4 is 10.6 Å². The molecule has 4 aliphatic carbocycles. The number of hydrogen-bond donors (Lipinski definition) is 2. The summed E-state index contributed by atoms with van der Waals surface area (Å²) in [7, 11) is 0. The van der Waals surface area contributed by atoms with Gasteiger partial charge in [-0.1, -0.05) is 13.8 Å². The lowest BCUT2D eigenvalue weighted by Gasteiger charge is -2.56. The van der Waals surface area contributed by atoms with Crippen LogP contribution in [0.4, 0.5) is 0 Å². The van der Waals surface area contributed by atoms with E-state index in [-0.39, 0.29) is 29.8 Å². The lowest BCUT2D eigenvalue weighted by molar-refractivity contribution is -0.132. The summed E-state index contributed by atoms with van der Waals surface area (Å²) in [4.78, 5) is 24.3. The molecule has 4 nitrogen and oxygen atoms in total. The third-order valence-electron chi connectivity index (χ3n) is 6.50. The van der Waals surface area contributed by atoms with E-state index in [2.05, 4.69) is 24.5 Å². The minimum Gasteiger partial charge on any atom is -0.352 e. The average molecular weight is 320 g/mol. The highest BCUT2D eigenvalue weighted by Gasteiger charge is 2.51. The van der Waals surface area contributed by atoms with Gasteiger partial charge in [-0.15, -0.1) is 0 Å². The first-order valence-electron chi connectivity index (χ1n) is 9.58. The lowest BCUT2D eigenvalue weighted by Crippen LogP contribution is -2.49. The van der Waals surface area contributed by atoms with Crippen molar-refractivity contribution in [2.24, 2.45) is 23.2 Å². The lowest BCUT2D eigenvalue weighted by atomic mass is 9.49. The Morgan fingerprint density at radius 3 is 1.96 bits per heavy atom. The molecule has 2 N–H and O–H groups in total. The highest BCUT2D eigenvalue weighted by molar-refractivity contribution is 5.85. The van der Waals surface area contributed by atoms with Crippen LogP contribution >= 0.6 is 0 Å². The first-order chi connectivity index (χ1) is 11.0. The molecule has 4 aliphatic rings. The van der Waals surface area contributed by atoms with Gasteiger partial charge in [0.25, 0.3) is 0 Å². The monoisotopic (exact) mass is 320 g/mol. The van der Waals surface area contributed by atoms with Gasteiger partial charge in [0.05, 0.1) is 6.54 Å². The summed E-state index contributed by atoms with van der Waals surface area (Å²) in [6.45, 7) is 4.27. The van der Waals surface area contributed by atoms with Crippen LogP contribution in [0.25, 0.3) is 0 Å². The van der Waals surface area contributed by atoms with Crippen molar-refractivity contribution in [3.05, 3.63) is 0 Å². The number of rotatable bonds is 7. The molecule has 0 aromatic heterocycles. The normalized spacial score (nSPS) is 34.7. The minimum atomic E-state index is -0.0578. The molecule has 0 aromatic rings. The van der Waals surface area contributed by atoms with Crippen molar-refractivity contribution < 1.29 is 9.59 Å². The van der Waals surface area contributed by atoms with Gasteiger partial charge in [0.1, 0.15) is 0 Å². The van der Waals surface area contributed by atoms with E-state index >= 15 is 0 Å². The highest BCUT2D eigenvalue weighted by Crippen LogP contribution is 2.61. The molecule has 0 aliphatic heterocycles. The Balaban J connectivity index is 1.45. The molecule has 0 unspecified atom stereocenters. The number of hydrogen-bond acceptors (Lipinski definition) is 2. The molecule has 0 atom stereocenters. The van der Waals surface area contributed by atoms with Crippen LogP contribution in [0.5, 0.6) is 0 Å². The van der Waals surface area contributed by atoms with E-state index in [4.69, 9.17) is 0 Å². The van der Waals surface area contributed by atoms with Gasteiger partial charge in [0.15, 0.2) is 0 Å². The maximum absolute atomic E-state index is 12.4. The maximum atomic E-state index is 12.4. The zero-order valence-electron chi connectivity index (χ0n) is 14.7. The van der Waals surface area contributed by atoms with E-state index < -0.39 is 0 Å². The molecule has 0 saturated heterocycles.